The molecular weight excluding hydrogens is 328 g/mol. The molecule has 1 fully saturated rings. The number of thiophene rings is 1. The van der Waals surface area contributed by atoms with Crippen LogP contribution in [0.15, 0.2) is 15.9 Å². The van der Waals surface area contributed by atoms with Crippen LogP contribution < -0.4 is 0 Å². The van der Waals surface area contributed by atoms with Gasteiger partial charge in [0.15, 0.2) is 0 Å². The van der Waals surface area contributed by atoms with E-state index >= 15 is 0 Å². The molecule has 0 aromatic carbocycles. The highest BCUT2D eigenvalue weighted by atomic mass is 79.9. The fourth-order valence-electron chi connectivity index (χ4n) is 3.09. The van der Waals surface area contributed by atoms with Crippen molar-refractivity contribution >= 4 is 33.2 Å². The Hall–Kier alpha value is -0.390. The van der Waals surface area contributed by atoms with Crippen LogP contribution >= 0.6 is 27.3 Å². The Labute approximate surface area is 125 Å². The first kappa shape index (κ1) is 15.0. The number of aliphatic carboxylic acids is 1. The Kier molecular flexibility index (Phi) is 5.03. The van der Waals surface area contributed by atoms with Gasteiger partial charge in [0.2, 0.25) is 0 Å². The van der Waals surface area contributed by atoms with E-state index in [2.05, 4.69) is 15.9 Å². The second kappa shape index (κ2) is 6.37. The topological polar surface area (TPSA) is 57.5 Å². The van der Waals surface area contributed by atoms with E-state index in [1.54, 1.807) is 0 Å². The zero-order valence-corrected chi connectivity index (χ0v) is 13.2. The van der Waals surface area contributed by atoms with Crippen LogP contribution in [0.3, 0.4) is 0 Å². The van der Waals surface area contributed by atoms with Crippen molar-refractivity contribution in [3.05, 3.63) is 20.8 Å². The Morgan fingerprint density at radius 2 is 2.05 bits per heavy atom. The molecule has 5 heteroatoms. The van der Waals surface area contributed by atoms with Crippen LogP contribution in [-0.4, -0.2) is 16.2 Å². The lowest BCUT2D eigenvalue weighted by molar-refractivity contribution is -0.141. The summed E-state index contributed by atoms with van der Waals surface area (Å²) in [5.74, 6) is -0.749. The first-order valence-electron chi connectivity index (χ1n) is 6.66. The maximum absolute atomic E-state index is 11.1. The number of aliphatic hydroxyl groups is 1. The summed E-state index contributed by atoms with van der Waals surface area (Å²) >= 11 is 4.91. The molecule has 1 unspecified atom stereocenters. The number of carboxylic acids is 1. The van der Waals surface area contributed by atoms with Gasteiger partial charge in [-0.2, -0.15) is 0 Å². The van der Waals surface area contributed by atoms with Gasteiger partial charge in [0.25, 0.3) is 0 Å². The van der Waals surface area contributed by atoms with Crippen molar-refractivity contribution in [3.63, 3.8) is 0 Å². The molecular formula is C14H19BrO3S. The van der Waals surface area contributed by atoms with E-state index in [1.807, 2.05) is 12.1 Å². The van der Waals surface area contributed by atoms with Crippen molar-refractivity contribution in [1.29, 1.82) is 0 Å². The van der Waals surface area contributed by atoms with Crippen molar-refractivity contribution < 1.29 is 15.0 Å². The fraction of sp³-hybridized carbons (Fsp3) is 0.643. The molecule has 1 saturated carbocycles. The first-order chi connectivity index (χ1) is 9.01. The van der Waals surface area contributed by atoms with Crippen molar-refractivity contribution in [2.75, 3.05) is 0 Å². The van der Waals surface area contributed by atoms with E-state index in [9.17, 15) is 9.90 Å². The highest BCUT2D eigenvalue weighted by Crippen LogP contribution is 2.46. The maximum Gasteiger partial charge on any atom is 0.303 e. The Morgan fingerprint density at radius 1 is 1.37 bits per heavy atom. The number of carbonyl (C=O) groups is 1. The predicted molar refractivity (Wildman–Crippen MR) is 79.4 cm³/mol. The standard InChI is InChI=1S/C14H19BrO3S/c15-12-5-4-11(19-12)10(16)8-14(9-13(17)18)6-2-1-3-7-14/h4-5,10,16H,1-3,6-9H2,(H,17,18). The van der Waals surface area contributed by atoms with Crippen LogP contribution in [0.4, 0.5) is 0 Å². The Morgan fingerprint density at radius 3 is 2.58 bits per heavy atom. The third kappa shape index (κ3) is 4.04. The summed E-state index contributed by atoms with van der Waals surface area (Å²) in [5, 5.41) is 19.5. The molecule has 19 heavy (non-hydrogen) atoms. The van der Waals surface area contributed by atoms with Crippen molar-refractivity contribution in [2.45, 2.75) is 51.0 Å². The lowest BCUT2D eigenvalue weighted by atomic mass is 9.68. The molecule has 0 amide bonds. The molecule has 1 aliphatic carbocycles. The Balaban J connectivity index is 2.08. The molecule has 0 bridgehead atoms. The minimum atomic E-state index is -0.749. The van der Waals surface area contributed by atoms with Crippen molar-refractivity contribution in [2.24, 2.45) is 5.41 Å². The van der Waals surface area contributed by atoms with Crippen molar-refractivity contribution in [3.8, 4) is 0 Å². The number of hydrogen-bond donors (Lipinski definition) is 2. The van der Waals surface area contributed by atoms with Gasteiger partial charge in [0, 0.05) is 4.88 Å². The minimum Gasteiger partial charge on any atom is -0.481 e. The molecule has 2 rings (SSSR count). The van der Waals surface area contributed by atoms with E-state index in [0.717, 1.165) is 34.3 Å². The first-order valence-corrected chi connectivity index (χ1v) is 8.27. The number of aliphatic hydroxyl groups excluding tert-OH is 1. The fourth-order valence-corrected chi connectivity index (χ4v) is 4.50. The van der Waals surface area contributed by atoms with Crippen LogP contribution in [0.25, 0.3) is 0 Å². The summed E-state index contributed by atoms with van der Waals surface area (Å²) in [5.41, 5.74) is -0.222. The summed E-state index contributed by atoms with van der Waals surface area (Å²) in [4.78, 5) is 12.0. The highest BCUT2D eigenvalue weighted by molar-refractivity contribution is 9.11. The molecule has 1 aromatic rings. The average molecular weight is 347 g/mol. The zero-order chi connectivity index (χ0) is 13.9. The molecule has 3 nitrogen and oxygen atoms in total. The molecule has 1 aromatic heterocycles. The monoisotopic (exact) mass is 346 g/mol. The number of rotatable bonds is 5. The lowest BCUT2D eigenvalue weighted by Gasteiger charge is -2.37. The smallest absolute Gasteiger partial charge is 0.303 e. The third-order valence-electron chi connectivity index (χ3n) is 3.99. The van der Waals surface area contributed by atoms with E-state index < -0.39 is 12.1 Å². The molecule has 0 saturated heterocycles. The predicted octanol–water partition coefficient (Wildman–Crippen LogP) is 4.36. The van der Waals surface area contributed by atoms with Crippen LogP contribution in [0.2, 0.25) is 0 Å². The second-order valence-electron chi connectivity index (χ2n) is 5.49. The van der Waals surface area contributed by atoms with Gasteiger partial charge in [-0.25, -0.2) is 0 Å². The third-order valence-corrected chi connectivity index (χ3v) is 5.71. The second-order valence-corrected chi connectivity index (χ2v) is 7.99. The molecule has 1 aliphatic rings. The van der Waals surface area contributed by atoms with Gasteiger partial charge >= 0.3 is 5.97 Å². The van der Waals surface area contributed by atoms with E-state index in [-0.39, 0.29) is 11.8 Å². The van der Waals surface area contributed by atoms with Gasteiger partial charge in [0.1, 0.15) is 0 Å². The van der Waals surface area contributed by atoms with Crippen molar-refractivity contribution in [1.82, 2.24) is 0 Å². The van der Waals surface area contributed by atoms with Gasteiger partial charge in [0.05, 0.1) is 16.3 Å². The zero-order valence-electron chi connectivity index (χ0n) is 10.8. The van der Waals surface area contributed by atoms with Crippen LogP contribution in [-0.2, 0) is 4.79 Å². The summed E-state index contributed by atoms with van der Waals surface area (Å²) in [6.07, 6.45) is 5.37. The summed E-state index contributed by atoms with van der Waals surface area (Å²) < 4.78 is 0.998. The quantitative estimate of drug-likeness (QED) is 0.832. The van der Waals surface area contributed by atoms with E-state index in [0.29, 0.717) is 6.42 Å². The normalized spacial score (nSPS) is 20.1. The van der Waals surface area contributed by atoms with Gasteiger partial charge in [-0.05, 0) is 52.7 Å². The van der Waals surface area contributed by atoms with E-state index in [1.165, 1.54) is 17.8 Å². The highest BCUT2D eigenvalue weighted by Gasteiger charge is 2.36. The largest absolute Gasteiger partial charge is 0.481 e. The van der Waals surface area contributed by atoms with Gasteiger partial charge in [-0.3, -0.25) is 4.79 Å². The molecule has 1 heterocycles. The average Bonchev–Trinajstić information content (AvgIpc) is 2.76. The molecule has 0 aliphatic heterocycles. The molecule has 2 N–H and O–H groups in total. The van der Waals surface area contributed by atoms with Gasteiger partial charge in [-0.15, -0.1) is 11.3 Å². The number of carboxylic acid groups (broad SMARTS) is 1. The van der Waals surface area contributed by atoms with E-state index in [4.69, 9.17) is 5.11 Å². The summed E-state index contributed by atoms with van der Waals surface area (Å²) in [7, 11) is 0. The minimum absolute atomic E-state index is 0.177. The molecule has 0 radical (unpaired) electrons. The van der Waals surface area contributed by atoms with Gasteiger partial charge < -0.3 is 10.2 Å². The summed E-state index contributed by atoms with van der Waals surface area (Å²) in [6, 6.07) is 3.84. The Bertz CT molecular complexity index is 438. The number of hydrogen-bond acceptors (Lipinski definition) is 3. The lowest BCUT2D eigenvalue weighted by Crippen LogP contribution is -2.29. The molecule has 0 spiro atoms. The van der Waals surface area contributed by atoms with Crippen LogP contribution in [0, 0.1) is 5.41 Å². The maximum atomic E-state index is 11.1. The molecule has 1 atom stereocenters. The SMILES string of the molecule is O=C(O)CC1(CC(O)c2ccc(Br)s2)CCCCC1. The van der Waals surface area contributed by atoms with Crippen LogP contribution in [0.5, 0.6) is 0 Å². The van der Waals surface area contributed by atoms with Gasteiger partial charge in [-0.1, -0.05) is 19.3 Å². The summed E-state index contributed by atoms with van der Waals surface area (Å²) in [6.45, 7) is 0. The number of halogens is 1. The molecule has 106 valence electrons. The van der Waals surface area contributed by atoms with Crippen LogP contribution in [0.1, 0.15) is 55.9 Å².